The number of aryl methyl sites for hydroxylation is 1. The van der Waals surface area contributed by atoms with E-state index in [1.165, 1.54) is 17.5 Å². The number of hydrogen-bond donors (Lipinski definition) is 0. The summed E-state index contributed by atoms with van der Waals surface area (Å²) in [6.07, 6.45) is 6.59. The van der Waals surface area contributed by atoms with Crippen LogP contribution in [0.2, 0.25) is 58.9 Å². The van der Waals surface area contributed by atoms with Crippen molar-refractivity contribution >= 4 is 32.8 Å². The predicted octanol–water partition coefficient (Wildman–Crippen LogP) is 8.95. The molecule has 1 aromatic rings. The molecule has 5 atom stereocenters. The largest absolute Gasteiger partial charge is 0.544 e. The standard InChI is InChI=1S/C27H49O5PSi3/c1-27-18-17-23-22-14-12-21(30-34(2,3)4)19-20(22)11-13-24(23)25(27)15-16-26(27)29-33(28,31-35(5,6)7)32-36(8,9)10/h12,14,19,23-26H,11,13,15-18H2,1-10H3/t23-,24-,25+,26+,27+/m1/s1. The van der Waals surface area contributed by atoms with E-state index in [4.69, 9.17) is 17.4 Å². The smallest absolute Gasteiger partial charge is 0.455 e. The lowest BCUT2D eigenvalue weighted by atomic mass is 9.55. The normalized spacial score (nSPS) is 30.9. The van der Waals surface area contributed by atoms with E-state index in [0.717, 1.165) is 37.9 Å². The lowest BCUT2D eigenvalue weighted by molar-refractivity contribution is -0.0203. The monoisotopic (exact) mass is 568 g/mol. The van der Waals surface area contributed by atoms with E-state index in [0.29, 0.717) is 17.8 Å². The van der Waals surface area contributed by atoms with Gasteiger partial charge < -0.3 is 12.9 Å². The Hall–Kier alpha value is -0.219. The van der Waals surface area contributed by atoms with Gasteiger partial charge in [-0.1, -0.05) is 13.0 Å². The lowest BCUT2D eigenvalue weighted by Crippen LogP contribution is -2.45. The van der Waals surface area contributed by atoms with Crippen LogP contribution in [0.15, 0.2) is 18.2 Å². The van der Waals surface area contributed by atoms with Crippen molar-refractivity contribution < 1.29 is 21.9 Å². The summed E-state index contributed by atoms with van der Waals surface area (Å²) in [6, 6.07) is 6.87. The molecule has 4 rings (SSSR count). The summed E-state index contributed by atoms with van der Waals surface area (Å²) in [5.74, 6) is 2.89. The van der Waals surface area contributed by atoms with Gasteiger partial charge in [-0.25, -0.2) is 4.57 Å². The van der Waals surface area contributed by atoms with Gasteiger partial charge in [0, 0.05) is 0 Å². The Balaban J connectivity index is 1.54. The van der Waals surface area contributed by atoms with Crippen molar-refractivity contribution in [2.24, 2.45) is 17.3 Å². The Kier molecular flexibility index (Phi) is 7.80. The molecule has 2 saturated carbocycles. The Labute approximate surface area is 223 Å². The SMILES string of the molecule is C[C@]12CC[C@@H]3c4ccc(O[Si](C)(C)C)cc4CC[C@H]3[C@@H]1CC[C@@H]2OP(=O)(O[Si](C)(C)C)O[Si](C)(C)C. The molecule has 0 radical (unpaired) electrons. The van der Waals surface area contributed by atoms with Crippen molar-refractivity contribution in [1.29, 1.82) is 0 Å². The van der Waals surface area contributed by atoms with Crippen molar-refractivity contribution in [1.82, 2.24) is 0 Å². The van der Waals surface area contributed by atoms with Crippen LogP contribution in [0.1, 0.15) is 56.1 Å². The first kappa shape index (κ1) is 28.8. The van der Waals surface area contributed by atoms with E-state index in [1.807, 2.05) is 0 Å². The van der Waals surface area contributed by atoms with Crippen LogP contribution in [0.5, 0.6) is 5.75 Å². The summed E-state index contributed by atoms with van der Waals surface area (Å²) in [7, 11) is -9.47. The first-order chi connectivity index (χ1) is 16.4. The molecule has 1 aromatic carbocycles. The Bertz CT molecular complexity index is 992. The maximum absolute atomic E-state index is 14.0. The van der Waals surface area contributed by atoms with Crippen molar-refractivity contribution in [3.8, 4) is 5.75 Å². The van der Waals surface area contributed by atoms with Gasteiger partial charge in [-0.05, 0) is 144 Å². The van der Waals surface area contributed by atoms with Crippen LogP contribution in [-0.4, -0.2) is 31.1 Å². The third-order valence-corrected chi connectivity index (χ3v) is 15.6. The zero-order chi connectivity index (χ0) is 26.7. The molecule has 204 valence electrons. The summed E-state index contributed by atoms with van der Waals surface area (Å²) in [5.41, 5.74) is 3.04. The molecule has 0 heterocycles. The molecule has 2 fully saturated rings. The van der Waals surface area contributed by atoms with Gasteiger partial charge in [0.25, 0.3) is 0 Å². The first-order valence-corrected chi connectivity index (χ1v) is 25.6. The van der Waals surface area contributed by atoms with Crippen LogP contribution in [0.4, 0.5) is 0 Å². The third-order valence-electron chi connectivity index (χ3n) is 8.06. The average molecular weight is 569 g/mol. The summed E-state index contributed by atoms with van der Waals surface area (Å²) >= 11 is 0. The third kappa shape index (κ3) is 6.49. The first-order valence-electron chi connectivity index (χ1n) is 13.9. The van der Waals surface area contributed by atoms with Crippen LogP contribution in [0.3, 0.4) is 0 Å². The number of rotatable bonds is 8. The number of phosphoric acid groups is 1. The fourth-order valence-electron chi connectivity index (χ4n) is 6.99. The average Bonchev–Trinajstić information content (AvgIpc) is 2.99. The van der Waals surface area contributed by atoms with Gasteiger partial charge in [0.05, 0.1) is 6.10 Å². The van der Waals surface area contributed by atoms with Crippen LogP contribution in [0.25, 0.3) is 0 Å². The molecular formula is C27H49O5PSi3. The van der Waals surface area contributed by atoms with E-state index >= 15 is 0 Å². The molecule has 0 bridgehead atoms. The summed E-state index contributed by atoms with van der Waals surface area (Å²) < 4.78 is 39.1. The highest BCUT2D eigenvalue weighted by Gasteiger charge is 2.57. The van der Waals surface area contributed by atoms with Gasteiger partial charge >= 0.3 is 7.82 Å². The molecule has 0 aliphatic heterocycles. The maximum Gasteiger partial charge on any atom is 0.455 e. The van der Waals surface area contributed by atoms with Crippen molar-refractivity contribution in [2.45, 2.75) is 116 Å². The molecule has 0 saturated heterocycles. The minimum absolute atomic E-state index is 0.0147. The highest BCUT2D eigenvalue weighted by molar-refractivity contribution is 7.52. The van der Waals surface area contributed by atoms with E-state index in [-0.39, 0.29) is 11.5 Å². The molecule has 9 heteroatoms. The zero-order valence-electron chi connectivity index (χ0n) is 24.3. The zero-order valence-corrected chi connectivity index (χ0v) is 28.2. The number of hydrogen-bond acceptors (Lipinski definition) is 5. The highest BCUT2D eigenvalue weighted by atomic mass is 31.2. The van der Waals surface area contributed by atoms with Crippen LogP contribution in [-0.2, 0) is 23.9 Å². The van der Waals surface area contributed by atoms with Crippen molar-refractivity contribution in [3.63, 3.8) is 0 Å². The Morgan fingerprint density at radius 2 is 1.50 bits per heavy atom. The van der Waals surface area contributed by atoms with Gasteiger partial charge in [-0.15, -0.1) is 0 Å². The highest BCUT2D eigenvalue weighted by Crippen LogP contribution is 2.65. The van der Waals surface area contributed by atoms with Gasteiger partial charge in [-0.2, -0.15) is 0 Å². The quantitative estimate of drug-likeness (QED) is 0.231. The second-order valence-corrected chi connectivity index (χ2v) is 30.0. The van der Waals surface area contributed by atoms with E-state index in [1.54, 1.807) is 0 Å². The fraction of sp³-hybridized carbons (Fsp3) is 0.778. The maximum atomic E-state index is 14.0. The predicted molar refractivity (Wildman–Crippen MR) is 156 cm³/mol. The minimum Gasteiger partial charge on any atom is -0.544 e. The lowest BCUT2D eigenvalue weighted by Gasteiger charge is -2.51. The molecule has 36 heavy (non-hydrogen) atoms. The second-order valence-electron chi connectivity index (χ2n) is 14.6. The topological polar surface area (TPSA) is 54.0 Å². The van der Waals surface area contributed by atoms with Crippen molar-refractivity contribution in [3.05, 3.63) is 29.3 Å². The van der Waals surface area contributed by atoms with E-state index in [2.05, 4.69) is 84.0 Å². The summed E-state index contributed by atoms with van der Waals surface area (Å²) in [5, 5.41) is 0. The van der Waals surface area contributed by atoms with Crippen molar-refractivity contribution in [2.75, 3.05) is 0 Å². The van der Waals surface area contributed by atoms with Crippen LogP contribution in [0, 0.1) is 17.3 Å². The van der Waals surface area contributed by atoms with E-state index < -0.39 is 32.8 Å². The Morgan fingerprint density at radius 3 is 2.08 bits per heavy atom. The molecule has 3 aliphatic carbocycles. The molecule has 0 N–H and O–H groups in total. The minimum atomic E-state index is -3.62. The van der Waals surface area contributed by atoms with Gasteiger partial charge in [0.1, 0.15) is 5.75 Å². The number of benzene rings is 1. The van der Waals surface area contributed by atoms with Crippen LogP contribution >= 0.6 is 7.82 Å². The van der Waals surface area contributed by atoms with Gasteiger partial charge in [0.15, 0.2) is 16.6 Å². The van der Waals surface area contributed by atoms with E-state index in [9.17, 15) is 4.57 Å². The summed E-state index contributed by atoms with van der Waals surface area (Å²) in [6.45, 7) is 21.4. The second kappa shape index (κ2) is 9.76. The molecular weight excluding hydrogens is 520 g/mol. The molecule has 0 aromatic heterocycles. The molecule has 0 spiro atoms. The number of fused-ring (bicyclic) bond motifs is 5. The summed E-state index contributed by atoms with van der Waals surface area (Å²) in [4.78, 5) is 0. The Morgan fingerprint density at radius 1 is 0.861 bits per heavy atom. The fourth-order valence-corrected chi connectivity index (χ4v) is 14.7. The molecule has 5 nitrogen and oxygen atoms in total. The molecule has 3 aliphatic rings. The van der Waals surface area contributed by atoms with Gasteiger partial charge in [-0.3, -0.25) is 4.52 Å². The van der Waals surface area contributed by atoms with Gasteiger partial charge in [0.2, 0.25) is 8.32 Å². The van der Waals surface area contributed by atoms with Crippen LogP contribution < -0.4 is 4.43 Å². The molecule has 0 amide bonds. The molecule has 0 unspecified atom stereocenters.